The van der Waals surface area contributed by atoms with Crippen LogP contribution in [0.15, 0.2) is 52.5 Å². The Balaban J connectivity index is 1.24. The van der Waals surface area contributed by atoms with E-state index in [0.29, 0.717) is 36.1 Å². The maximum Gasteiger partial charge on any atom is 0.278 e. The predicted molar refractivity (Wildman–Crippen MR) is 125 cm³/mol. The number of hydrogen-bond acceptors (Lipinski definition) is 10. The lowest BCUT2D eigenvalue weighted by molar-refractivity contribution is -0.150. The molecule has 3 aliphatic heterocycles. The highest BCUT2D eigenvalue weighted by Crippen LogP contribution is 2.35. The lowest BCUT2D eigenvalue weighted by atomic mass is 10.0. The molecular weight excluding hydrogens is 497 g/mol. The SMILES string of the molecule is O=C1CCC(N2C(=O)C3=C(C2=O)N(Cc2nc(-c4cccc(-c5ccnnc5)c4F)no2)CCC3)C(=O)N1. The summed E-state index contributed by atoms with van der Waals surface area (Å²) in [6, 6.07) is 5.39. The van der Waals surface area contributed by atoms with Crippen molar-refractivity contribution >= 4 is 23.6 Å². The molecule has 4 amide bonds. The standard InChI is InChI=1S/C25H20FN7O5/c26-20-14(13-8-9-27-28-11-13)3-1-4-15(20)22-30-19(38-31-22)12-32-10-2-5-16-21(32)25(37)33(24(16)36)17-6-7-18(34)29-23(17)35/h1,3-4,8-9,11,17H,2,5-7,10,12H2,(H,29,34,35). The topological polar surface area (TPSA) is 151 Å². The van der Waals surface area contributed by atoms with Gasteiger partial charge in [-0.1, -0.05) is 17.3 Å². The molecule has 12 nitrogen and oxygen atoms in total. The molecule has 6 rings (SSSR count). The zero-order valence-electron chi connectivity index (χ0n) is 19.9. The molecule has 0 bridgehead atoms. The van der Waals surface area contributed by atoms with Crippen LogP contribution in [0.3, 0.4) is 0 Å². The molecule has 5 heterocycles. The first-order valence-corrected chi connectivity index (χ1v) is 12.0. The van der Waals surface area contributed by atoms with Crippen LogP contribution in [0.2, 0.25) is 0 Å². The van der Waals surface area contributed by atoms with Gasteiger partial charge in [-0.05, 0) is 31.4 Å². The van der Waals surface area contributed by atoms with Crippen LogP contribution in [-0.4, -0.2) is 66.4 Å². The van der Waals surface area contributed by atoms with Crippen LogP contribution in [-0.2, 0) is 25.7 Å². The molecule has 192 valence electrons. The average molecular weight is 517 g/mol. The number of carbonyl (C=O) groups excluding carboxylic acids is 4. The summed E-state index contributed by atoms with van der Waals surface area (Å²) in [6.45, 7) is 0.460. The molecule has 3 aliphatic rings. The molecule has 0 aliphatic carbocycles. The van der Waals surface area contributed by atoms with Crippen molar-refractivity contribution < 1.29 is 28.1 Å². The highest BCUT2D eigenvalue weighted by atomic mass is 19.1. The number of halogens is 1. The molecule has 0 spiro atoms. The zero-order valence-corrected chi connectivity index (χ0v) is 19.9. The Kier molecular flexibility index (Phi) is 5.74. The molecule has 0 saturated carbocycles. The second kappa shape index (κ2) is 9.25. The maximum absolute atomic E-state index is 15.3. The highest BCUT2D eigenvalue weighted by Gasteiger charge is 2.48. The van der Waals surface area contributed by atoms with Gasteiger partial charge in [-0.3, -0.25) is 29.4 Å². The third kappa shape index (κ3) is 3.92. The molecule has 2 aromatic heterocycles. The molecule has 0 radical (unpaired) electrons. The molecule has 1 aromatic carbocycles. The Labute approximate surface area is 214 Å². The number of nitrogens with zero attached hydrogens (tertiary/aromatic N) is 6. The molecule has 13 heteroatoms. The minimum Gasteiger partial charge on any atom is -0.357 e. The summed E-state index contributed by atoms with van der Waals surface area (Å²) in [7, 11) is 0. The van der Waals surface area contributed by atoms with Crippen molar-refractivity contribution in [2.75, 3.05) is 6.54 Å². The summed E-state index contributed by atoms with van der Waals surface area (Å²) in [5.74, 6) is -2.61. The lowest BCUT2D eigenvalue weighted by Gasteiger charge is -2.29. The van der Waals surface area contributed by atoms with Gasteiger partial charge in [0.2, 0.25) is 23.5 Å². The summed E-state index contributed by atoms with van der Waals surface area (Å²) < 4.78 is 20.7. The molecule has 1 saturated heterocycles. The normalized spacial score (nSPS) is 19.8. The number of benzene rings is 1. The second-order valence-electron chi connectivity index (χ2n) is 9.11. The first kappa shape index (κ1) is 23.6. The molecule has 1 unspecified atom stereocenters. The van der Waals surface area contributed by atoms with E-state index in [9.17, 15) is 19.2 Å². The number of carbonyl (C=O) groups is 4. The molecule has 3 aromatic rings. The third-order valence-corrected chi connectivity index (χ3v) is 6.81. The van der Waals surface area contributed by atoms with E-state index >= 15 is 4.39 Å². The lowest BCUT2D eigenvalue weighted by Crippen LogP contribution is -2.55. The maximum atomic E-state index is 15.3. The summed E-state index contributed by atoms with van der Waals surface area (Å²) >= 11 is 0. The van der Waals surface area contributed by atoms with Gasteiger partial charge >= 0.3 is 0 Å². The van der Waals surface area contributed by atoms with E-state index in [1.165, 1.54) is 18.5 Å². The first-order chi connectivity index (χ1) is 18.4. The number of aromatic nitrogens is 4. The van der Waals surface area contributed by atoms with Gasteiger partial charge < -0.3 is 9.42 Å². The van der Waals surface area contributed by atoms with Crippen molar-refractivity contribution in [3.8, 4) is 22.5 Å². The molecule has 1 fully saturated rings. The van der Waals surface area contributed by atoms with Gasteiger partial charge in [0, 0.05) is 29.7 Å². The predicted octanol–water partition coefficient (Wildman–Crippen LogP) is 1.36. The molecule has 1 N–H and O–H groups in total. The van der Waals surface area contributed by atoms with Crippen molar-refractivity contribution in [2.45, 2.75) is 38.3 Å². The third-order valence-electron chi connectivity index (χ3n) is 6.81. The molecule has 38 heavy (non-hydrogen) atoms. The van der Waals surface area contributed by atoms with E-state index in [2.05, 4.69) is 25.7 Å². The fourth-order valence-corrected chi connectivity index (χ4v) is 5.03. The van der Waals surface area contributed by atoms with Crippen LogP contribution < -0.4 is 5.32 Å². The van der Waals surface area contributed by atoms with Crippen molar-refractivity contribution in [2.24, 2.45) is 0 Å². The van der Waals surface area contributed by atoms with Crippen molar-refractivity contribution in [3.05, 3.63) is 59.6 Å². The number of amides is 4. The smallest absolute Gasteiger partial charge is 0.278 e. The Morgan fingerprint density at radius 1 is 1.05 bits per heavy atom. The number of rotatable bonds is 5. The minimum absolute atomic E-state index is 0.0175. The average Bonchev–Trinajstić information content (AvgIpc) is 3.48. The molecule has 1 atom stereocenters. The van der Waals surface area contributed by atoms with Crippen LogP contribution in [0.5, 0.6) is 0 Å². The number of piperidine rings is 1. The molecular formula is C25H20FN7O5. The summed E-state index contributed by atoms with van der Waals surface area (Å²) in [5.41, 5.74) is 1.47. The highest BCUT2D eigenvalue weighted by molar-refractivity contribution is 6.21. The van der Waals surface area contributed by atoms with Crippen molar-refractivity contribution in [1.82, 2.24) is 35.5 Å². The van der Waals surface area contributed by atoms with Gasteiger partial charge in [0.1, 0.15) is 17.6 Å². The van der Waals surface area contributed by atoms with E-state index < -0.39 is 35.5 Å². The first-order valence-electron chi connectivity index (χ1n) is 12.0. The van der Waals surface area contributed by atoms with E-state index in [-0.39, 0.29) is 42.4 Å². The number of hydrogen-bond donors (Lipinski definition) is 1. The quantitative estimate of drug-likeness (QED) is 0.491. The number of imide groups is 2. The van der Waals surface area contributed by atoms with Gasteiger partial charge in [0.15, 0.2) is 0 Å². The van der Waals surface area contributed by atoms with E-state index in [1.54, 1.807) is 23.1 Å². The van der Waals surface area contributed by atoms with Crippen LogP contribution in [0.4, 0.5) is 4.39 Å². The van der Waals surface area contributed by atoms with Crippen LogP contribution in [0, 0.1) is 5.82 Å². The Morgan fingerprint density at radius 2 is 1.89 bits per heavy atom. The Bertz CT molecular complexity index is 1520. The minimum atomic E-state index is -1.04. The number of nitrogens with one attached hydrogen (secondary N) is 1. The van der Waals surface area contributed by atoms with E-state index in [4.69, 9.17) is 4.52 Å². The van der Waals surface area contributed by atoms with Gasteiger partial charge in [0.25, 0.3) is 11.8 Å². The van der Waals surface area contributed by atoms with Crippen LogP contribution >= 0.6 is 0 Å². The van der Waals surface area contributed by atoms with Crippen molar-refractivity contribution in [3.63, 3.8) is 0 Å². The van der Waals surface area contributed by atoms with Gasteiger partial charge in [-0.25, -0.2) is 4.39 Å². The van der Waals surface area contributed by atoms with E-state index in [0.717, 1.165) is 4.90 Å². The summed E-state index contributed by atoms with van der Waals surface area (Å²) in [4.78, 5) is 57.3. The monoisotopic (exact) mass is 517 g/mol. The fourth-order valence-electron chi connectivity index (χ4n) is 5.03. The van der Waals surface area contributed by atoms with Crippen LogP contribution in [0.1, 0.15) is 31.6 Å². The van der Waals surface area contributed by atoms with E-state index in [1.807, 2.05) is 0 Å². The van der Waals surface area contributed by atoms with Crippen molar-refractivity contribution in [1.29, 1.82) is 0 Å². The fraction of sp³-hybridized carbons (Fsp3) is 0.280. The second-order valence-corrected chi connectivity index (χ2v) is 9.11. The Morgan fingerprint density at radius 3 is 2.68 bits per heavy atom. The van der Waals surface area contributed by atoms with Crippen LogP contribution in [0.25, 0.3) is 22.5 Å². The summed E-state index contributed by atoms with van der Waals surface area (Å²) in [5, 5.41) is 13.6. The summed E-state index contributed by atoms with van der Waals surface area (Å²) in [6.07, 6.45) is 4.02. The zero-order chi connectivity index (χ0) is 26.4. The largest absolute Gasteiger partial charge is 0.357 e. The van der Waals surface area contributed by atoms with Gasteiger partial charge in [-0.2, -0.15) is 15.2 Å². The Hall–Kier alpha value is -4.81. The van der Waals surface area contributed by atoms with Gasteiger partial charge in [0.05, 0.1) is 24.5 Å². The van der Waals surface area contributed by atoms with Gasteiger partial charge in [-0.15, -0.1) is 0 Å².